The van der Waals surface area contributed by atoms with Crippen molar-refractivity contribution in [2.45, 2.75) is 0 Å². The first-order valence-corrected chi connectivity index (χ1v) is 6.70. The Kier molecular flexibility index (Phi) is 4.59. The van der Waals surface area contributed by atoms with E-state index in [0.717, 1.165) is 0 Å². The molecule has 1 amide bonds. The molecule has 0 unspecified atom stereocenters. The zero-order valence-corrected chi connectivity index (χ0v) is 13.0. The number of nitrogens with one attached hydrogen (secondary N) is 1. The Labute approximate surface area is 129 Å². The number of aryl methyl sites for hydroxylation is 1. The Morgan fingerprint density at radius 1 is 1.57 bits per heavy atom. The van der Waals surface area contributed by atoms with Gasteiger partial charge in [0.1, 0.15) is 0 Å². The molecule has 1 heterocycles. The first-order valence-electron chi connectivity index (χ1n) is 5.91. The van der Waals surface area contributed by atoms with Crippen LogP contribution in [0, 0.1) is 0 Å². The van der Waals surface area contributed by atoms with Crippen molar-refractivity contribution in [3.63, 3.8) is 0 Å². The fraction of sp³-hybridized carbons (Fsp3) is 0.154. The molecule has 110 valence electrons. The number of carbonyl (C=O) groups excluding carboxylic acids is 1. The first kappa shape index (κ1) is 15.0. The summed E-state index contributed by atoms with van der Waals surface area (Å²) in [4.78, 5) is 11.7. The molecular weight excluding hydrogens is 340 g/mol. The van der Waals surface area contributed by atoms with Crippen molar-refractivity contribution in [3.8, 4) is 11.5 Å². The first-order chi connectivity index (χ1) is 10.0. The second-order valence-electron chi connectivity index (χ2n) is 4.13. The van der Waals surface area contributed by atoms with E-state index < -0.39 is 5.91 Å². The van der Waals surface area contributed by atoms with Crippen molar-refractivity contribution in [3.05, 3.63) is 40.1 Å². The van der Waals surface area contributed by atoms with E-state index in [4.69, 9.17) is 4.74 Å². The molecule has 2 aromatic rings. The number of benzene rings is 1. The second kappa shape index (κ2) is 6.40. The van der Waals surface area contributed by atoms with E-state index in [1.165, 1.54) is 18.0 Å². The van der Waals surface area contributed by atoms with Crippen LogP contribution in [0.1, 0.15) is 16.1 Å². The molecule has 0 fully saturated rings. The highest BCUT2D eigenvalue weighted by molar-refractivity contribution is 9.10. The molecule has 0 saturated heterocycles. The number of halogens is 1. The summed E-state index contributed by atoms with van der Waals surface area (Å²) in [6.45, 7) is 0. The van der Waals surface area contributed by atoms with Crippen LogP contribution in [0.4, 0.5) is 0 Å². The highest BCUT2D eigenvalue weighted by Crippen LogP contribution is 2.34. The molecule has 0 spiro atoms. The lowest BCUT2D eigenvalue weighted by Gasteiger charge is -2.06. The van der Waals surface area contributed by atoms with Crippen LogP contribution in [0.15, 0.2) is 34.0 Å². The van der Waals surface area contributed by atoms with Crippen LogP contribution in [-0.4, -0.2) is 34.1 Å². The second-order valence-corrected chi connectivity index (χ2v) is 4.98. The molecule has 0 bridgehead atoms. The number of hydrogen-bond donors (Lipinski definition) is 2. The number of carbonyl (C=O) groups is 1. The van der Waals surface area contributed by atoms with Crippen LogP contribution in [0.25, 0.3) is 0 Å². The Bertz CT molecular complexity index is 697. The molecule has 0 aliphatic heterocycles. The van der Waals surface area contributed by atoms with Gasteiger partial charge in [-0.15, -0.1) is 0 Å². The Hall–Kier alpha value is -2.35. The van der Waals surface area contributed by atoms with Gasteiger partial charge in [0.25, 0.3) is 5.91 Å². The van der Waals surface area contributed by atoms with Crippen LogP contribution >= 0.6 is 15.9 Å². The number of nitrogens with zero attached hydrogens (tertiary/aromatic N) is 3. The van der Waals surface area contributed by atoms with E-state index in [9.17, 15) is 9.90 Å². The maximum atomic E-state index is 11.7. The maximum Gasteiger partial charge on any atom is 0.291 e. The van der Waals surface area contributed by atoms with Crippen molar-refractivity contribution >= 4 is 28.1 Å². The summed E-state index contributed by atoms with van der Waals surface area (Å²) in [7, 11) is 3.17. The highest BCUT2D eigenvalue weighted by Gasteiger charge is 2.08. The summed E-state index contributed by atoms with van der Waals surface area (Å²) in [6.07, 6.45) is 3.11. The molecule has 0 aliphatic carbocycles. The summed E-state index contributed by atoms with van der Waals surface area (Å²) in [5, 5.41) is 17.5. The van der Waals surface area contributed by atoms with Gasteiger partial charge < -0.3 is 9.84 Å². The van der Waals surface area contributed by atoms with Gasteiger partial charge in [0.15, 0.2) is 17.2 Å². The van der Waals surface area contributed by atoms with Gasteiger partial charge in [-0.25, -0.2) is 5.43 Å². The van der Waals surface area contributed by atoms with E-state index in [1.54, 1.807) is 31.4 Å². The number of amides is 1. The van der Waals surface area contributed by atoms with E-state index in [2.05, 4.69) is 31.6 Å². The van der Waals surface area contributed by atoms with Crippen LogP contribution in [0.5, 0.6) is 11.5 Å². The molecule has 21 heavy (non-hydrogen) atoms. The van der Waals surface area contributed by atoms with Gasteiger partial charge in [0.05, 0.1) is 17.8 Å². The minimum absolute atomic E-state index is 0.00664. The minimum atomic E-state index is -0.406. The Morgan fingerprint density at radius 3 is 2.95 bits per heavy atom. The summed E-state index contributed by atoms with van der Waals surface area (Å²) in [6, 6.07) is 4.83. The van der Waals surface area contributed by atoms with Gasteiger partial charge >= 0.3 is 0 Å². The Morgan fingerprint density at radius 2 is 2.33 bits per heavy atom. The number of hydrogen-bond acceptors (Lipinski definition) is 5. The van der Waals surface area contributed by atoms with Gasteiger partial charge in [0.2, 0.25) is 0 Å². The van der Waals surface area contributed by atoms with Crippen LogP contribution in [0.3, 0.4) is 0 Å². The number of rotatable bonds is 4. The zero-order valence-electron chi connectivity index (χ0n) is 11.4. The normalized spacial score (nSPS) is 10.8. The highest BCUT2D eigenvalue weighted by atomic mass is 79.9. The van der Waals surface area contributed by atoms with Crippen molar-refractivity contribution in [1.82, 2.24) is 15.2 Å². The largest absolute Gasteiger partial charge is 0.503 e. The lowest BCUT2D eigenvalue weighted by molar-refractivity contribution is 0.0949. The molecule has 1 aromatic heterocycles. The summed E-state index contributed by atoms with van der Waals surface area (Å²) in [5.41, 5.74) is 3.30. The molecule has 2 N–H and O–H groups in total. The average Bonchev–Trinajstić information content (AvgIpc) is 2.89. The van der Waals surface area contributed by atoms with Gasteiger partial charge in [-0.05, 0) is 39.7 Å². The molecule has 7 nitrogen and oxygen atoms in total. The van der Waals surface area contributed by atoms with Crippen molar-refractivity contribution in [2.75, 3.05) is 7.11 Å². The predicted octanol–water partition coefficient (Wildman–Crippen LogP) is 1.66. The number of hydrazone groups is 1. The average molecular weight is 353 g/mol. The smallest absolute Gasteiger partial charge is 0.291 e. The third kappa shape index (κ3) is 3.60. The van der Waals surface area contributed by atoms with Gasteiger partial charge in [0, 0.05) is 13.2 Å². The van der Waals surface area contributed by atoms with E-state index in [0.29, 0.717) is 15.8 Å². The summed E-state index contributed by atoms with van der Waals surface area (Å²) < 4.78 is 7.02. The molecular formula is C13H13BrN4O3. The van der Waals surface area contributed by atoms with Gasteiger partial charge in [-0.2, -0.15) is 10.2 Å². The number of methoxy groups -OCH3 is 1. The van der Waals surface area contributed by atoms with Gasteiger partial charge in [-0.1, -0.05) is 0 Å². The number of ether oxygens (including phenoxy) is 1. The number of phenolic OH excluding ortho intramolecular Hbond substituents is 1. The molecule has 0 saturated carbocycles. The third-order valence-electron chi connectivity index (χ3n) is 2.60. The van der Waals surface area contributed by atoms with Crippen molar-refractivity contribution < 1.29 is 14.6 Å². The molecule has 0 aliphatic rings. The quantitative estimate of drug-likeness (QED) is 0.646. The summed E-state index contributed by atoms with van der Waals surface area (Å²) >= 11 is 3.21. The van der Waals surface area contributed by atoms with Crippen LogP contribution < -0.4 is 10.2 Å². The van der Waals surface area contributed by atoms with Gasteiger partial charge in [-0.3, -0.25) is 9.48 Å². The Balaban J connectivity index is 2.08. The lowest BCUT2D eigenvalue weighted by Crippen LogP contribution is -2.18. The molecule has 0 atom stereocenters. The number of aromatic hydroxyl groups is 1. The fourth-order valence-corrected chi connectivity index (χ4v) is 2.04. The summed E-state index contributed by atoms with van der Waals surface area (Å²) in [5.74, 6) is -0.0919. The SMILES string of the molecule is COc1cc(/C=N/NC(=O)c2ccn(C)n2)cc(Br)c1O. The maximum absolute atomic E-state index is 11.7. The molecule has 2 rings (SSSR count). The minimum Gasteiger partial charge on any atom is -0.503 e. The van der Waals surface area contributed by atoms with E-state index in [-0.39, 0.29) is 11.4 Å². The molecule has 0 radical (unpaired) electrons. The van der Waals surface area contributed by atoms with E-state index >= 15 is 0 Å². The van der Waals surface area contributed by atoms with Crippen molar-refractivity contribution in [1.29, 1.82) is 0 Å². The standard InChI is InChI=1S/C13H13BrN4O3/c1-18-4-3-10(17-18)13(20)16-15-7-8-5-9(14)12(19)11(6-8)21-2/h3-7,19H,1-2H3,(H,16,20)/b15-7+. The topological polar surface area (TPSA) is 88.7 Å². The number of phenols is 1. The predicted molar refractivity (Wildman–Crippen MR) is 80.6 cm³/mol. The number of aromatic nitrogens is 2. The fourth-order valence-electron chi connectivity index (χ4n) is 1.58. The van der Waals surface area contributed by atoms with Crippen LogP contribution in [0.2, 0.25) is 0 Å². The zero-order chi connectivity index (χ0) is 15.4. The van der Waals surface area contributed by atoms with E-state index in [1.807, 2.05) is 0 Å². The van der Waals surface area contributed by atoms with Crippen molar-refractivity contribution in [2.24, 2.45) is 12.1 Å². The molecule has 8 heteroatoms. The third-order valence-corrected chi connectivity index (χ3v) is 3.20. The van der Waals surface area contributed by atoms with Crippen LogP contribution in [-0.2, 0) is 7.05 Å². The molecule has 1 aromatic carbocycles. The lowest BCUT2D eigenvalue weighted by atomic mass is 10.2. The monoisotopic (exact) mass is 352 g/mol.